The molecule has 0 fully saturated rings. The summed E-state index contributed by atoms with van der Waals surface area (Å²) >= 11 is 0. The first-order valence-electron chi connectivity index (χ1n) is 5.86. The van der Waals surface area contributed by atoms with Crippen molar-refractivity contribution in [1.82, 2.24) is 9.55 Å². The first kappa shape index (κ1) is 11.7. The summed E-state index contributed by atoms with van der Waals surface area (Å²) in [4.78, 5) is 15.8. The predicted molar refractivity (Wildman–Crippen MR) is 63.8 cm³/mol. The molecule has 98 valence electrons. The van der Waals surface area contributed by atoms with E-state index < -0.39 is 5.97 Å². The van der Waals surface area contributed by atoms with Gasteiger partial charge in [-0.3, -0.25) is 4.57 Å². The highest BCUT2D eigenvalue weighted by Crippen LogP contribution is 2.31. The summed E-state index contributed by atoms with van der Waals surface area (Å²) in [6, 6.07) is 4.23. The van der Waals surface area contributed by atoms with Gasteiger partial charge in [-0.15, -0.1) is 0 Å². The van der Waals surface area contributed by atoms with Crippen molar-refractivity contribution in [2.45, 2.75) is 13.5 Å². The van der Waals surface area contributed by atoms with Crippen molar-refractivity contribution in [1.29, 1.82) is 0 Å². The Bertz CT molecular complexity index is 651. The van der Waals surface area contributed by atoms with E-state index in [4.69, 9.17) is 9.47 Å². The van der Waals surface area contributed by atoms with E-state index >= 15 is 0 Å². The second kappa shape index (κ2) is 4.38. The molecule has 2 aromatic rings. The third-order valence-corrected chi connectivity index (χ3v) is 2.88. The Kier molecular flexibility index (Phi) is 2.70. The molecule has 0 saturated heterocycles. The number of halogens is 1. The molecule has 1 aliphatic rings. The van der Waals surface area contributed by atoms with Crippen LogP contribution in [0, 0.1) is 5.82 Å². The topological polar surface area (TPSA) is 53.3 Å². The standard InChI is InChI=1S/C13H11FN2O3/c1-2-18-13(17)12-10-6-19-11-5-8(14)3-4-9(11)16(10)7-15-12/h3-5,7H,2,6H2,1H3. The Morgan fingerprint density at radius 3 is 3.21 bits per heavy atom. The van der Waals surface area contributed by atoms with Gasteiger partial charge in [-0.25, -0.2) is 14.2 Å². The number of nitrogens with zero attached hydrogens (tertiary/aromatic N) is 2. The van der Waals surface area contributed by atoms with Crippen LogP contribution in [0.5, 0.6) is 5.75 Å². The van der Waals surface area contributed by atoms with Crippen LogP contribution in [0.25, 0.3) is 5.69 Å². The lowest BCUT2D eigenvalue weighted by Crippen LogP contribution is -2.16. The van der Waals surface area contributed by atoms with E-state index in [-0.39, 0.29) is 24.7 Å². The van der Waals surface area contributed by atoms with Gasteiger partial charge in [0.15, 0.2) is 5.69 Å². The van der Waals surface area contributed by atoms with Crippen molar-refractivity contribution in [3.05, 3.63) is 41.7 Å². The quantitative estimate of drug-likeness (QED) is 0.777. The lowest BCUT2D eigenvalue weighted by molar-refractivity contribution is 0.0516. The molecule has 0 radical (unpaired) electrons. The van der Waals surface area contributed by atoms with Crippen molar-refractivity contribution in [3.63, 3.8) is 0 Å². The highest BCUT2D eigenvalue weighted by atomic mass is 19.1. The Morgan fingerprint density at radius 2 is 2.42 bits per heavy atom. The number of benzene rings is 1. The largest absolute Gasteiger partial charge is 0.485 e. The van der Waals surface area contributed by atoms with Gasteiger partial charge in [-0.1, -0.05) is 0 Å². The molecule has 1 aromatic heterocycles. The minimum atomic E-state index is -0.481. The van der Waals surface area contributed by atoms with Gasteiger partial charge in [0.25, 0.3) is 0 Å². The molecule has 0 aliphatic carbocycles. The van der Waals surface area contributed by atoms with Gasteiger partial charge in [-0.2, -0.15) is 0 Å². The molecule has 19 heavy (non-hydrogen) atoms. The number of imidazole rings is 1. The minimum absolute atomic E-state index is 0.157. The average Bonchev–Trinajstić information content (AvgIpc) is 2.82. The summed E-state index contributed by atoms with van der Waals surface area (Å²) in [5, 5.41) is 0. The molecule has 2 heterocycles. The third-order valence-electron chi connectivity index (χ3n) is 2.88. The molecule has 0 amide bonds. The van der Waals surface area contributed by atoms with E-state index in [1.165, 1.54) is 18.5 Å². The number of rotatable bonds is 2. The number of ether oxygens (including phenoxy) is 2. The molecule has 0 N–H and O–H groups in total. The van der Waals surface area contributed by atoms with Crippen molar-refractivity contribution in [2.75, 3.05) is 6.61 Å². The van der Waals surface area contributed by atoms with Crippen LogP contribution in [0.2, 0.25) is 0 Å². The van der Waals surface area contributed by atoms with Crippen LogP contribution in [-0.2, 0) is 11.3 Å². The molecule has 1 aromatic carbocycles. The summed E-state index contributed by atoms with van der Waals surface area (Å²) in [6.45, 7) is 2.17. The van der Waals surface area contributed by atoms with Crippen molar-refractivity contribution >= 4 is 5.97 Å². The molecule has 3 rings (SSSR count). The summed E-state index contributed by atoms with van der Waals surface area (Å²) in [5.74, 6) is -0.418. The number of aromatic nitrogens is 2. The SMILES string of the molecule is CCOC(=O)c1ncn2c1COc1cc(F)ccc1-2. The zero-order valence-electron chi connectivity index (χ0n) is 10.2. The van der Waals surface area contributed by atoms with E-state index in [1.807, 2.05) is 0 Å². The van der Waals surface area contributed by atoms with Gasteiger partial charge >= 0.3 is 5.97 Å². The summed E-state index contributed by atoms with van der Waals surface area (Å²) < 4.78 is 25.2. The first-order chi connectivity index (χ1) is 9.20. The maximum Gasteiger partial charge on any atom is 0.358 e. The molecular weight excluding hydrogens is 251 g/mol. The fraction of sp³-hybridized carbons (Fsp3) is 0.231. The van der Waals surface area contributed by atoms with Gasteiger partial charge in [0.1, 0.15) is 24.5 Å². The highest BCUT2D eigenvalue weighted by Gasteiger charge is 2.25. The van der Waals surface area contributed by atoms with Crippen LogP contribution in [0.1, 0.15) is 23.1 Å². The number of fused-ring (bicyclic) bond motifs is 3. The fourth-order valence-electron chi connectivity index (χ4n) is 2.04. The zero-order valence-corrected chi connectivity index (χ0v) is 10.2. The van der Waals surface area contributed by atoms with Crippen LogP contribution in [0.4, 0.5) is 4.39 Å². The zero-order chi connectivity index (χ0) is 13.4. The average molecular weight is 262 g/mol. The van der Waals surface area contributed by atoms with Crippen LogP contribution >= 0.6 is 0 Å². The van der Waals surface area contributed by atoms with Crippen LogP contribution in [0.3, 0.4) is 0 Å². The summed E-state index contributed by atoms with van der Waals surface area (Å²) in [7, 11) is 0. The van der Waals surface area contributed by atoms with Crippen LogP contribution in [0.15, 0.2) is 24.5 Å². The molecule has 5 nitrogen and oxygen atoms in total. The molecular formula is C13H11FN2O3. The molecule has 0 bridgehead atoms. The monoisotopic (exact) mass is 262 g/mol. The third kappa shape index (κ3) is 1.85. The molecule has 0 spiro atoms. The Hall–Kier alpha value is -2.37. The molecule has 0 saturated carbocycles. The van der Waals surface area contributed by atoms with Gasteiger partial charge in [0.2, 0.25) is 0 Å². The van der Waals surface area contributed by atoms with Gasteiger partial charge in [0.05, 0.1) is 18.0 Å². The van der Waals surface area contributed by atoms with E-state index in [0.29, 0.717) is 17.1 Å². The van der Waals surface area contributed by atoms with Crippen molar-refractivity contribution in [2.24, 2.45) is 0 Å². The lowest BCUT2D eigenvalue weighted by Gasteiger charge is -2.20. The maximum atomic E-state index is 13.1. The second-order valence-electron chi connectivity index (χ2n) is 4.03. The predicted octanol–water partition coefficient (Wildman–Crippen LogP) is 2.08. The molecule has 0 unspecified atom stereocenters. The highest BCUT2D eigenvalue weighted by molar-refractivity contribution is 5.88. The van der Waals surface area contributed by atoms with E-state index in [2.05, 4.69) is 4.98 Å². The normalized spacial score (nSPS) is 12.3. The number of hydrogen-bond acceptors (Lipinski definition) is 4. The molecule has 1 aliphatic heterocycles. The number of carbonyl (C=O) groups excluding carboxylic acids is 1. The van der Waals surface area contributed by atoms with Crippen LogP contribution < -0.4 is 4.74 Å². The minimum Gasteiger partial charge on any atom is -0.485 e. The Morgan fingerprint density at radius 1 is 1.58 bits per heavy atom. The first-order valence-corrected chi connectivity index (χ1v) is 5.86. The van der Waals surface area contributed by atoms with Crippen molar-refractivity contribution in [3.8, 4) is 11.4 Å². The molecule has 0 atom stereocenters. The van der Waals surface area contributed by atoms with E-state index in [1.54, 1.807) is 17.6 Å². The smallest absolute Gasteiger partial charge is 0.358 e. The fourth-order valence-corrected chi connectivity index (χ4v) is 2.04. The Labute approximate surface area is 108 Å². The molecule has 6 heteroatoms. The second-order valence-corrected chi connectivity index (χ2v) is 4.03. The number of carbonyl (C=O) groups is 1. The van der Waals surface area contributed by atoms with E-state index in [0.717, 1.165) is 0 Å². The van der Waals surface area contributed by atoms with Gasteiger partial charge in [0, 0.05) is 6.07 Å². The van der Waals surface area contributed by atoms with E-state index in [9.17, 15) is 9.18 Å². The van der Waals surface area contributed by atoms with Gasteiger partial charge < -0.3 is 9.47 Å². The van der Waals surface area contributed by atoms with Crippen LogP contribution in [-0.4, -0.2) is 22.1 Å². The number of esters is 1. The van der Waals surface area contributed by atoms with Crippen molar-refractivity contribution < 1.29 is 18.7 Å². The van der Waals surface area contributed by atoms with Gasteiger partial charge in [-0.05, 0) is 19.1 Å². The summed E-state index contributed by atoms with van der Waals surface area (Å²) in [6.07, 6.45) is 1.51. The lowest BCUT2D eigenvalue weighted by atomic mass is 10.2. The number of hydrogen-bond donors (Lipinski definition) is 0. The summed E-state index contributed by atoms with van der Waals surface area (Å²) in [5.41, 5.74) is 1.50. The maximum absolute atomic E-state index is 13.1. The Balaban J connectivity index is 2.07.